The van der Waals surface area contributed by atoms with Crippen molar-refractivity contribution in [2.24, 2.45) is 0 Å². The SMILES string of the molecule is CNCc1cc(Br)c(OCCC(C)(C)OC)c(OC)c1. The number of hydrogen-bond donors (Lipinski definition) is 1. The predicted molar refractivity (Wildman–Crippen MR) is 84.7 cm³/mol. The predicted octanol–water partition coefficient (Wildman–Crippen LogP) is 3.37. The fourth-order valence-corrected chi connectivity index (χ4v) is 2.32. The number of methoxy groups -OCH3 is 2. The summed E-state index contributed by atoms with van der Waals surface area (Å²) in [5.41, 5.74) is 0.951. The molecule has 0 heterocycles. The Labute approximate surface area is 129 Å². The lowest BCUT2D eigenvalue weighted by atomic mass is 10.1. The smallest absolute Gasteiger partial charge is 0.175 e. The molecule has 0 radical (unpaired) electrons. The summed E-state index contributed by atoms with van der Waals surface area (Å²) in [6.45, 7) is 5.43. The van der Waals surface area contributed by atoms with Crippen LogP contribution in [0.3, 0.4) is 0 Å². The summed E-state index contributed by atoms with van der Waals surface area (Å²) in [7, 11) is 5.28. The van der Waals surface area contributed by atoms with Crippen LogP contribution in [0.5, 0.6) is 11.5 Å². The van der Waals surface area contributed by atoms with Crippen LogP contribution in [0.1, 0.15) is 25.8 Å². The van der Waals surface area contributed by atoms with E-state index in [0.29, 0.717) is 6.61 Å². The molecule has 0 amide bonds. The van der Waals surface area contributed by atoms with Crippen molar-refractivity contribution in [3.63, 3.8) is 0 Å². The second kappa shape index (κ2) is 7.86. The first-order chi connectivity index (χ1) is 9.43. The number of rotatable bonds is 8. The van der Waals surface area contributed by atoms with Gasteiger partial charge in [-0.1, -0.05) is 0 Å². The molecule has 4 nitrogen and oxygen atoms in total. The first kappa shape index (κ1) is 17.3. The minimum Gasteiger partial charge on any atom is -0.493 e. The van der Waals surface area contributed by atoms with Gasteiger partial charge in [-0.15, -0.1) is 0 Å². The van der Waals surface area contributed by atoms with E-state index in [2.05, 4.69) is 21.2 Å². The van der Waals surface area contributed by atoms with Crippen molar-refractivity contribution in [1.29, 1.82) is 0 Å². The van der Waals surface area contributed by atoms with Gasteiger partial charge in [-0.25, -0.2) is 0 Å². The quantitative estimate of drug-likeness (QED) is 0.784. The second-order valence-electron chi connectivity index (χ2n) is 5.20. The zero-order chi connectivity index (χ0) is 15.2. The fraction of sp³-hybridized carbons (Fsp3) is 0.600. The Hall–Kier alpha value is -0.780. The monoisotopic (exact) mass is 345 g/mol. The van der Waals surface area contributed by atoms with Gasteiger partial charge < -0.3 is 19.5 Å². The van der Waals surface area contributed by atoms with Crippen LogP contribution >= 0.6 is 15.9 Å². The molecule has 114 valence electrons. The maximum Gasteiger partial charge on any atom is 0.175 e. The minimum atomic E-state index is -0.189. The number of benzene rings is 1. The molecule has 20 heavy (non-hydrogen) atoms. The minimum absolute atomic E-state index is 0.189. The summed E-state index contributed by atoms with van der Waals surface area (Å²) in [4.78, 5) is 0. The van der Waals surface area contributed by atoms with Gasteiger partial charge >= 0.3 is 0 Å². The Balaban J connectivity index is 2.79. The lowest BCUT2D eigenvalue weighted by Crippen LogP contribution is -2.25. The third kappa shape index (κ3) is 4.96. The van der Waals surface area contributed by atoms with Gasteiger partial charge in [0.2, 0.25) is 0 Å². The van der Waals surface area contributed by atoms with Crippen LogP contribution in [0.25, 0.3) is 0 Å². The Morgan fingerprint density at radius 1 is 1.25 bits per heavy atom. The van der Waals surface area contributed by atoms with Gasteiger partial charge in [0, 0.05) is 20.1 Å². The lowest BCUT2D eigenvalue weighted by molar-refractivity contribution is 0.00518. The molecule has 1 rings (SSSR count). The van der Waals surface area contributed by atoms with E-state index in [4.69, 9.17) is 14.2 Å². The molecule has 0 bridgehead atoms. The molecule has 1 N–H and O–H groups in total. The molecule has 5 heteroatoms. The fourth-order valence-electron chi connectivity index (χ4n) is 1.72. The van der Waals surface area contributed by atoms with Gasteiger partial charge in [0.15, 0.2) is 11.5 Å². The van der Waals surface area contributed by atoms with E-state index in [1.165, 1.54) is 0 Å². The Bertz CT molecular complexity index is 435. The van der Waals surface area contributed by atoms with Gasteiger partial charge in [0.25, 0.3) is 0 Å². The zero-order valence-electron chi connectivity index (χ0n) is 12.9. The van der Waals surface area contributed by atoms with E-state index in [1.54, 1.807) is 14.2 Å². The average molecular weight is 346 g/mol. The van der Waals surface area contributed by atoms with Crippen molar-refractivity contribution in [3.8, 4) is 11.5 Å². The maximum atomic E-state index is 5.86. The summed E-state index contributed by atoms with van der Waals surface area (Å²) in [5, 5.41) is 3.12. The number of nitrogens with one attached hydrogen (secondary N) is 1. The maximum absolute atomic E-state index is 5.86. The van der Waals surface area contributed by atoms with E-state index >= 15 is 0 Å². The van der Waals surface area contributed by atoms with Crippen molar-refractivity contribution in [2.75, 3.05) is 27.9 Å². The van der Waals surface area contributed by atoms with Gasteiger partial charge in [-0.3, -0.25) is 0 Å². The van der Waals surface area contributed by atoms with Crippen molar-refractivity contribution < 1.29 is 14.2 Å². The largest absolute Gasteiger partial charge is 0.493 e. The van der Waals surface area contributed by atoms with E-state index in [1.807, 2.05) is 33.0 Å². The number of halogens is 1. The van der Waals surface area contributed by atoms with Crippen molar-refractivity contribution >= 4 is 15.9 Å². The Morgan fingerprint density at radius 2 is 1.95 bits per heavy atom. The summed E-state index contributed by atoms with van der Waals surface area (Å²) in [6.07, 6.45) is 0.803. The van der Waals surface area contributed by atoms with E-state index in [9.17, 15) is 0 Å². The number of hydrogen-bond acceptors (Lipinski definition) is 4. The standard InChI is InChI=1S/C15H24BrNO3/c1-15(2,19-5)6-7-20-14-12(16)8-11(10-17-3)9-13(14)18-4/h8-9,17H,6-7,10H2,1-5H3. The first-order valence-corrected chi connectivity index (χ1v) is 7.41. The molecule has 0 spiro atoms. The topological polar surface area (TPSA) is 39.7 Å². The zero-order valence-corrected chi connectivity index (χ0v) is 14.5. The van der Waals surface area contributed by atoms with Crippen LogP contribution in [-0.2, 0) is 11.3 Å². The summed E-state index contributed by atoms with van der Waals surface area (Å²) < 4.78 is 17.5. The van der Waals surface area contributed by atoms with Crippen molar-refractivity contribution in [3.05, 3.63) is 22.2 Å². The van der Waals surface area contributed by atoms with E-state index in [0.717, 1.165) is 34.5 Å². The van der Waals surface area contributed by atoms with Crippen LogP contribution in [0.4, 0.5) is 0 Å². The molecule has 0 aliphatic heterocycles. The molecular formula is C15H24BrNO3. The van der Waals surface area contributed by atoms with E-state index < -0.39 is 0 Å². The van der Waals surface area contributed by atoms with Crippen LogP contribution in [0.15, 0.2) is 16.6 Å². The average Bonchev–Trinajstić information content (AvgIpc) is 2.41. The molecule has 1 aromatic rings. The second-order valence-corrected chi connectivity index (χ2v) is 6.06. The van der Waals surface area contributed by atoms with Gasteiger partial charge in [0.05, 0.1) is 23.8 Å². The van der Waals surface area contributed by atoms with Crippen LogP contribution in [0.2, 0.25) is 0 Å². The van der Waals surface area contributed by atoms with Crippen LogP contribution < -0.4 is 14.8 Å². The van der Waals surface area contributed by atoms with Gasteiger partial charge in [0.1, 0.15) is 0 Å². The molecule has 0 aliphatic carbocycles. The first-order valence-electron chi connectivity index (χ1n) is 6.62. The molecule has 0 fully saturated rings. The van der Waals surface area contributed by atoms with Crippen LogP contribution in [0, 0.1) is 0 Å². The number of ether oxygens (including phenoxy) is 3. The van der Waals surface area contributed by atoms with Crippen LogP contribution in [-0.4, -0.2) is 33.5 Å². The highest BCUT2D eigenvalue weighted by Crippen LogP contribution is 2.37. The third-order valence-corrected chi connectivity index (χ3v) is 3.76. The summed E-state index contributed by atoms with van der Waals surface area (Å²) in [5.74, 6) is 1.47. The molecule has 1 aromatic carbocycles. The highest BCUT2D eigenvalue weighted by atomic mass is 79.9. The molecule has 0 atom stereocenters. The normalized spacial score (nSPS) is 11.5. The lowest BCUT2D eigenvalue weighted by Gasteiger charge is -2.23. The molecular weight excluding hydrogens is 322 g/mol. The Kier molecular flexibility index (Phi) is 6.79. The third-order valence-electron chi connectivity index (χ3n) is 3.17. The molecule has 0 aliphatic rings. The molecule has 0 saturated carbocycles. The summed E-state index contributed by atoms with van der Waals surface area (Å²) in [6, 6.07) is 4.02. The summed E-state index contributed by atoms with van der Waals surface area (Å²) >= 11 is 3.54. The van der Waals surface area contributed by atoms with Gasteiger partial charge in [-0.05, 0) is 54.5 Å². The van der Waals surface area contributed by atoms with Crippen molar-refractivity contribution in [2.45, 2.75) is 32.4 Å². The molecule has 0 unspecified atom stereocenters. The van der Waals surface area contributed by atoms with Gasteiger partial charge in [-0.2, -0.15) is 0 Å². The Morgan fingerprint density at radius 3 is 2.50 bits per heavy atom. The highest BCUT2D eigenvalue weighted by molar-refractivity contribution is 9.10. The van der Waals surface area contributed by atoms with E-state index in [-0.39, 0.29) is 5.60 Å². The molecule has 0 aromatic heterocycles. The van der Waals surface area contributed by atoms with Crippen molar-refractivity contribution in [1.82, 2.24) is 5.32 Å². The highest BCUT2D eigenvalue weighted by Gasteiger charge is 2.18. The molecule has 0 saturated heterocycles.